The third-order valence-corrected chi connectivity index (χ3v) is 11.6. The molecule has 4 aromatic carbocycles. The first-order chi connectivity index (χ1) is 28.6. The van der Waals surface area contributed by atoms with Crippen LogP contribution in [0.5, 0.6) is 0 Å². The van der Waals surface area contributed by atoms with E-state index in [2.05, 4.69) is 21.3 Å². The molecule has 0 radical (unpaired) electrons. The highest BCUT2D eigenvalue weighted by atomic mass is 19.1. The van der Waals surface area contributed by atoms with Crippen molar-refractivity contribution in [1.29, 1.82) is 0 Å². The van der Waals surface area contributed by atoms with Crippen molar-refractivity contribution in [2.75, 3.05) is 0 Å². The zero-order valence-electron chi connectivity index (χ0n) is 36.0. The van der Waals surface area contributed by atoms with Crippen LogP contribution >= 0.6 is 0 Å². The van der Waals surface area contributed by atoms with Crippen LogP contribution in [0.15, 0.2) is 72.8 Å². The zero-order chi connectivity index (χ0) is 44.6. The van der Waals surface area contributed by atoms with Crippen LogP contribution in [-0.2, 0) is 9.59 Å². The molecular weight excluding hydrogens is 779 g/mol. The average molecular weight is 833 g/mol. The SMILES string of the molecule is CC(=O)CC(C)(C)NC(=O)c1ccc(-c2cc(C(=O)NC3CC3CC(C)C(=O)C(C)(C)NC(=O)c3ccc(-c4cc(C(=O)NC5CC5)cc(F)c4C)cc3)cc(F)c2C)cc1. The molecule has 2 saturated carbocycles. The molecule has 4 aromatic rings. The lowest BCUT2D eigenvalue weighted by atomic mass is 9.86. The topological polar surface area (TPSA) is 151 Å². The Morgan fingerprint density at radius 1 is 0.656 bits per heavy atom. The Labute approximate surface area is 355 Å². The second-order valence-corrected chi connectivity index (χ2v) is 18.0. The molecule has 61 heavy (non-hydrogen) atoms. The summed E-state index contributed by atoms with van der Waals surface area (Å²) in [6.07, 6.45) is 3.13. The summed E-state index contributed by atoms with van der Waals surface area (Å²) in [5.41, 5.74) is 2.16. The number of hydrogen-bond acceptors (Lipinski definition) is 6. The minimum Gasteiger partial charge on any atom is -0.349 e. The molecule has 3 atom stereocenters. The number of amides is 4. The first kappa shape index (κ1) is 44.5. The predicted molar refractivity (Wildman–Crippen MR) is 230 cm³/mol. The maximum Gasteiger partial charge on any atom is 0.252 e. The van der Waals surface area contributed by atoms with Crippen LogP contribution in [0.3, 0.4) is 0 Å². The van der Waals surface area contributed by atoms with Crippen LogP contribution in [0, 0.1) is 37.3 Å². The number of benzene rings is 4. The van der Waals surface area contributed by atoms with E-state index < -0.39 is 40.4 Å². The Morgan fingerprint density at radius 2 is 1.11 bits per heavy atom. The van der Waals surface area contributed by atoms with Gasteiger partial charge in [-0.1, -0.05) is 31.2 Å². The van der Waals surface area contributed by atoms with Gasteiger partial charge in [0, 0.05) is 52.2 Å². The van der Waals surface area contributed by atoms with E-state index in [4.69, 9.17) is 0 Å². The number of nitrogens with one attached hydrogen (secondary N) is 4. The minimum absolute atomic E-state index is 0.0161. The first-order valence-corrected chi connectivity index (χ1v) is 20.7. The number of carbonyl (C=O) groups is 6. The van der Waals surface area contributed by atoms with Gasteiger partial charge >= 0.3 is 0 Å². The van der Waals surface area contributed by atoms with E-state index in [9.17, 15) is 33.2 Å². The van der Waals surface area contributed by atoms with Crippen LogP contribution in [0.2, 0.25) is 0 Å². The molecule has 2 fully saturated rings. The highest BCUT2D eigenvalue weighted by Gasteiger charge is 2.42. The molecule has 0 aromatic heterocycles. The summed E-state index contributed by atoms with van der Waals surface area (Å²) in [5, 5.41) is 11.6. The van der Waals surface area contributed by atoms with Crippen molar-refractivity contribution in [3.8, 4) is 22.3 Å². The third kappa shape index (κ3) is 10.8. The van der Waals surface area contributed by atoms with Gasteiger partial charge in [0.1, 0.15) is 17.4 Å². The van der Waals surface area contributed by atoms with Gasteiger partial charge in [-0.2, -0.15) is 0 Å². The quantitative estimate of drug-likeness (QED) is 0.0894. The van der Waals surface area contributed by atoms with E-state index in [0.717, 1.165) is 12.8 Å². The Kier molecular flexibility index (Phi) is 12.8. The van der Waals surface area contributed by atoms with Gasteiger partial charge in [-0.05, 0) is 162 Å². The van der Waals surface area contributed by atoms with E-state index in [1.54, 1.807) is 109 Å². The van der Waals surface area contributed by atoms with Crippen molar-refractivity contribution in [2.45, 2.75) is 111 Å². The van der Waals surface area contributed by atoms with Crippen molar-refractivity contribution in [2.24, 2.45) is 11.8 Å². The smallest absolute Gasteiger partial charge is 0.252 e. The van der Waals surface area contributed by atoms with Crippen LogP contribution in [0.4, 0.5) is 8.78 Å². The summed E-state index contributed by atoms with van der Waals surface area (Å²) in [6, 6.07) is 18.8. The molecule has 10 nitrogen and oxygen atoms in total. The van der Waals surface area contributed by atoms with E-state index in [1.807, 2.05) is 0 Å². The number of rotatable bonds is 16. The molecule has 4 amide bonds. The minimum atomic E-state index is -1.21. The molecule has 320 valence electrons. The Bertz CT molecular complexity index is 2400. The molecule has 0 spiro atoms. The molecular formula is C49H54F2N4O6. The lowest BCUT2D eigenvalue weighted by molar-refractivity contribution is -0.127. The molecule has 2 aliphatic rings. The number of hydrogen-bond donors (Lipinski definition) is 4. The normalized spacial score (nSPS) is 16.6. The molecule has 0 heterocycles. The van der Waals surface area contributed by atoms with Gasteiger partial charge in [-0.25, -0.2) is 8.78 Å². The first-order valence-electron chi connectivity index (χ1n) is 20.7. The van der Waals surface area contributed by atoms with Gasteiger partial charge in [-0.15, -0.1) is 0 Å². The third-order valence-electron chi connectivity index (χ3n) is 11.6. The molecule has 0 bridgehead atoms. The monoisotopic (exact) mass is 832 g/mol. The zero-order valence-corrected chi connectivity index (χ0v) is 36.0. The number of carbonyl (C=O) groups excluding carboxylic acids is 6. The van der Waals surface area contributed by atoms with Gasteiger partial charge in [-0.3, -0.25) is 28.8 Å². The summed E-state index contributed by atoms with van der Waals surface area (Å²) < 4.78 is 30.1. The van der Waals surface area contributed by atoms with Gasteiger partial charge in [0.25, 0.3) is 23.6 Å². The Morgan fingerprint density at radius 3 is 1.57 bits per heavy atom. The van der Waals surface area contributed by atoms with Crippen molar-refractivity contribution in [3.05, 3.63) is 118 Å². The molecule has 3 unspecified atom stereocenters. The fraction of sp³-hybridized carbons (Fsp3) is 0.388. The van der Waals surface area contributed by atoms with Crippen LogP contribution in [0.25, 0.3) is 22.3 Å². The highest BCUT2D eigenvalue weighted by molar-refractivity contribution is 6.01. The summed E-state index contributed by atoms with van der Waals surface area (Å²) in [4.78, 5) is 77.5. The molecule has 12 heteroatoms. The van der Waals surface area contributed by atoms with Crippen molar-refractivity contribution < 1.29 is 37.5 Å². The van der Waals surface area contributed by atoms with Crippen molar-refractivity contribution in [3.63, 3.8) is 0 Å². The number of Topliss-reactive ketones (excluding diaryl/α,β-unsaturated/α-hetero) is 2. The molecule has 2 aliphatic carbocycles. The van der Waals surface area contributed by atoms with Gasteiger partial charge in [0.15, 0.2) is 5.78 Å². The lowest BCUT2D eigenvalue weighted by Crippen LogP contribution is -2.51. The predicted octanol–water partition coefficient (Wildman–Crippen LogP) is 8.22. The summed E-state index contributed by atoms with van der Waals surface area (Å²) in [7, 11) is 0. The second kappa shape index (κ2) is 17.5. The van der Waals surface area contributed by atoms with Crippen molar-refractivity contribution >= 4 is 35.2 Å². The van der Waals surface area contributed by atoms with E-state index >= 15 is 4.39 Å². The Balaban J connectivity index is 1.03. The maximum absolute atomic E-state index is 15.2. The molecule has 4 N–H and O–H groups in total. The van der Waals surface area contributed by atoms with Gasteiger partial charge in [0.2, 0.25) is 0 Å². The average Bonchev–Trinajstić information content (AvgIpc) is 4.14. The number of ketones is 2. The van der Waals surface area contributed by atoms with E-state index in [-0.39, 0.29) is 58.9 Å². The lowest BCUT2D eigenvalue weighted by Gasteiger charge is -2.28. The van der Waals surface area contributed by atoms with E-state index in [0.29, 0.717) is 57.3 Å². The van der Waals surface area contributed by atoms with Crippen LogP contribution < -0.4 is 21.3 Å². The number of halogens is 2. The fourth-order valence-corrected chi connectivity index (χ4v) is 7.90. The second-order valence-electron chi connectivity index (χ2n) is 18.0. The van der Waals surface area contributed by atoms with Crippen molar-refractivity contribution in [1.82, 2.24) is 21.3 Å². The molecule has 0 aliphatic heterocycles. The van der Waals surface area contributed by atoms with Crippen LogP contribution in [0.1, 0.15) is 126 Å². The standard InChI is InChI=1S/C49H54F2N4O6/c1-26(43(57)49(7,8)55-47(61)33-15-11-31(12-16-33)38-20-35(22-40(50)28(38)3)44(58)52-37-17-18-37)19-34-24-42(34)53-45(59)36-21-39(29(4)41(51)23-36)30-9-13-32(14-10-30)46(60)54-48(5,6)25-27(2)56/h9-16,20-23,26,34,37,42H,17-19,24-25H2,1-8H3,(H,52,58)(H,53,59)(H,54,60)(H,55,61). The van der Waals surface area contributed by atoms with E-state index in [1.165, 1.54) is 19.1 Å². The Hall–Kier alpha value is -6.04. The fourth-order valence-electron chi connectivity index (χ4n) is 7.90. The van der Waals surface area contributed by atoms with Gasteiger partial charge < -0.3 is 21.3 Å². The maximum atomic E-state index is 15.2. The summed E-state index contributed by atoms with van der Waals surface area (Å²) in [5.74, 6) is -3.25. The summed E-state index contributed by atoms with van der Waals surface area (Å²) in [6.45, 7) is 13.4. The van der Waals surface area contributed by atoms with Crippen LogP contribution in [-0.4, -0.2) is 58.4 Å². The van der Waals surface area contributed by atoms with Gasteiger partial charge in [0.05, 0.1) is 5.54 Å². The molecule has 6 rings (SSSR count). The molecule has 0 saturated heterocycles. The summed E-state index contributed by atoms with van der Waals surface area (Å²) >= 11 is 0. The largest absolute Gasteiger partial charge is 0.349 e. The highest BCUT2D eigenvalue weighted by Crippen LogP contribution is 2.38.